The minimum absolute atomic E-state index is 0. The molecule has 0 aromatic carbocycles. The molecule has 0 unspecified atom stereocenters. The van der Waals surface area contributed by atoms with Gasteiger partial charge >= 0.3 is 19.5 Å². The van der Waals surface area contributed by atoms with Gasteiger partial charge in [0, 0.05) is 0 Å². The van der Waals surface area contributed by atoms with Crippen LogP contribution < -0.4 is 29.2 Å². The molecule has 0 spiro atoms. The van der Waals surface area contributed by atoms with Crippen molar-refractivity contribution in [2.75, 3.05) is 0 Å². The maximum absolute atomic E-state index is 8.80. The smallest absolute Gasteiger partial charge is 0.620 e. The van der Waals surface area contributed by atoms with Crippen molar-refractivity contribution in [2.24, 2.45) is 0 Å². The quantitative estimate of drug-likeness (QED) is 0.270. The van der Waals surface area contributed by atoms with Gasteiger partial charge in [-0.25, -0.2) is 0 Å². The van der Waals surface area contributed by atoms with Gasteiger partial charge in [-0.15, -0.1) is 0 Å². The van der Waals surface area contributed by atoms with Gasteiger partial charge in [0.2, 0.25) is 0 Å². The van der Waals surface area contributed by atoms with Gasteiger partial charge in [0.05, 0.1) is 0 Å². The summed E-state index contributed by atoms with van der Waals surface area (Å²) < 4.78 is 39.9. The van der Waals surface area contributed by atoms with Gasteiger partial charge in [-0.05, 0) is 8.88 Å². The van der Waals surface area contributed by atoms with Crippen molar-refractivity contribution >= 4 is 0 Å². The molecule has 0 saturated heterocycles. The van der Waals surface area contributed by atoms with Crippen molar-refractivity contribution in [3.63, 3.8) is 0 Å². The Kier molecular flexibility index (Phi) is 21.8. The van der Waals surface area contributed by atoms with E-state index in [9.17, 15) is 0 Å². The van der Waals surface area contributed by atoms with E-state index in [1.54, 1.807) is 0 Å². The maximum Gasteiger partial charge on any atom is 2.00 e. The predicted octanol–water partition coefficient (Wildman–Crippen LogP) is -7.27. The van der Waals surface area contributed by atoms with Crippen molar-refractivity contribution in [1.29, 1.82) is 0 Å². The molecule has 0 amide bonds. The van der Waals surface area contributed by atoms with Crippen molar-refractivity contribution in [1.82, 2.24) is 0 Å². The zero-order valence-corrected chi connectivity index (χ0v) is 9.21. The molecule has 0 heterocycles. The second kappa shape index (κ2) is 13.5. The first-order valence-corrected chi connectivity index (χ1v) is 3.11. The molecule has 8 nitrogen and oxygen atoms in total. The van der Waals surface area contributed by atoms with Crippen LogP contribution in [0, 0.1) is 21.6 Å². The minimum atomic E-state index is -2.60. The zero-order chi connectivity index (χ0) is 8.57. The molecule has 0 rings (SSSR count). The van der Waals surface area contributed by atoms with E-state index < -0.39 is 21.6 Å². The molecular weight excluding hydrogens is 264 g/mol. The van der Waals surface area contributed by atoms with Crippen LogP contribution in [0.2, 0.25) is 0 Å². The third-order valence-electron chi connectivity index (χ3n) is 0.103. The first-order chi connectivity index (χ1) is 4.54. The summed E-state index contributed by atoms with van der Waals surface area (Å²) in [4.78, 5) is 0. The molecule has 0 fully saturated rings. The first-order valence-electron chi connectivity index (χ1n) is 1.26. The number of hydrogen-bond acceptors (Lipinski definition) is 8. The Hall–Kier alpha value is 0.883. The van der Waals surface area contributed by atoms with Crippen molar-refractivity contribution in [3.8, 4) is 0 Å². The molecule has 0 saturated carbocycles. The van der Waals surface area contributed by atoms with Gasteiger partial charge in [0.1, 0.15) is 0 Å². The number of hydrogen-bond donors (Lipinski definition) is 0. The Morgan fingerprint density at radius 3 is 0.818 bits per heavy atom. The summed E-state index contributed by atoms with van der Waals surface area (Å²) in [5.74, 6) is 0. The van der Waals surface area contributed by atoms with Crippen LogP contribution in [0.1, 0.15) is 0 Å². The Balaban J connectivity index is -0.000000107. The van der Waals surface area contributed by atoms with Crippen LogP contribution >= 0.6 is 0 Å². The molecule has 0 aromatic heterocycles. The van der Waals surface area contributed by atoms with Crippen LogP contribution in [0.4, 0.5) is 0 Å². The Morgan fingerprint density at radius 2 is 0.818 bits per heavy atom. The monoisotopic (exact) mass is 262 g/mol. The molecule has 0 bridgehead atoms. The van der Waals surface area contributed by atoms with Crippen molar-refractivity contribution in [3.05, 3.63) is 0 Å². The van der Waals surface area contributed by atoms with Crippen LogP contribution in [0.15, 0.2) is 0 Å². The van der Waals surface area contributed by atoms with Gasteiger partial charge in [-0.2, -0.15) is 0 Å². The molecule has 0 aromatic rings. The van der Waals surface area contributed by atoms with Crippen LogP contribution in [-0.2, 0) is 28.4 Å². The van der Waals surface area contributed by atoms with E-state index in [1.807, 2.05) is 0 Å². The van der Waals surface area contributed by atoms with Gasteiger partial charge in [0.15, 0.2) is 0 Å². The molecule has 11 heavy (non-hydrogen) atoms. The van der Waals surface area contributed by atoms with E-state index in [0.717, 1.165) is 0 Å². The molecule has 11 heteroatoms. The summed E-state index contributed by atoms with van der Waals surface area (Å²) in [6.45, 7) is 0. The third kappa shape index (κ3) is 36.0. The topological polar surface area (TPSA) is 157 Å². The molecule has 0 aliphatic heterocycles. The van der Waals surface area contributed by atoms with Gasteiger partial charge in [-0.3, -0.25) is 0 Å². The van der Waals surface area contributed by atoms with Crippen LogP contribution in [0.3, 0.4) is 0 Å². The fourth-order valence-electron chi connectivity index (χ4n) is 0. The van der Waals surface area contributed by atoms with E-state index >= 15 is 0 Å². The number of halogens is 2. The summed E-state index contributed by atoms with van der Waals surface area (Å²) in [6.07, 6.45) is 0. The molecule has 0 aliphatic rings. The predicted molar refractivity (Wildman–Crippen MR) is 2.17 cm³/mol. The molecular formula is Cl2O8Zn. The van der Waals surface area contributed by atoms with Gasteiger partial charge in [-0.1, -0.05) is 0 Å². The van der Waals surface area contributed by atoms with Crippen LogP contribution in [0.5, 0.6) is 0 Å². The van der Waals surface area contributed by atoms with E-state index in [2.05, 4.69) is 8.88 Å². The van der Waals surface area contributed by atoms with Crippen molar-refractivity contribution < 1.29 is 79.1 Å². The van der Waals surface area contributed by atoms with Crippen LogP contribution in [-0.4, -0.2) is 0 Å². The summed E-state index contributed by atoms with van der Waals surface area (Å²) in [7, 11) is -5.20. The standard InChI is InChI=1S/2ClHO4.Zn/c2*2-1(3)5-4;/h2*4H;/q;;+2/p-2. The van der Waals surface area contributed by atoms with E-state index in [4.69, 9.17) is 29.2 Å². The molecule has 0 atom stereocenters. The fourth-order valence-corrected chi connectivity index (χ4v) is 0. The third-order valence-corrected chi connectivity index (χ3v) is 0.309. The summed E-state index contributed by atoms with van der Waals surface area (Å²) in [6, 6.07) is 0. The Morgan fingerprint density at radius 1 is 0.727 bits per heavy atom. The Labute approximate surface area is 79.4 Å². The van der Waals surface area contributed by atoms with E-state index in [1.165, 1.54) is 0 Å². The average molecular weight is 264 g/mol. The van der Waals surface area contributed by atoms with E-state index in [-0.39, 0.29) is 19.5 Å². The number of rotatable bonds is 2. The molecule has 0 aliphatic carbocycles. The largest absolute Gasteiger partial charge is 2.00 e. The average Bonchev–Trinajstić information content (AvgIpc) is 1.89. The van der Waals surface area contributed by atoms with Crippen molar-refractivity contribution in [2.45, 2.75) is 0 Å². The summed E-state index contributed by atoms with van der Waals surface area (Å²) in [5, 5.41) is 17.0. The van der Waals surface area contributed by atoms with Gasteiger partial charge in [0.25, 0.3) is 21.6 Å². The molecule has 64 valence electrons. The normalized spacial score (nSPS) is 8.73. The second-order valence-electron chi connectivity index (χ2n) is 0.504. The second-order valence-corrected chi connectivity index (χ2v) is 1.51. The summed E-state index contributed by atoms with van der Waals surface area (Å²) >= 11 is 0. The van der Waals surface area contributed by atoms with Gasteiger partial charge < -0.3 is 29.2 Å². The van der Waals surface area contributed by atoms with E-state index in [0.29, 0.717) is 0 Å². The molecule has 0 N–H and O–H groups in total. The van der Waals surface area contributed by atoms with Crippen LogP contribution in [0.25, 0.3) is 0 Å². The maximum atomic E-state index is 8.80. The summed E-state index contributed by atoms with van der Waals surface area (Å²) in [5.41, 5.74) is 0. The fraction of sp³-hybridized carbons (Fsp3) is 0. The SMILES string of the molecule is [O-]O[Cl+2]([O-])[O-].[O-]O[Cl+2]([O-])[O-].[Zn+2]. The first kappa shape index (κ1) is 17.8. The Bertz CT molecular complexity index is 48.1. The molecule has 0 radical (unpaired) electrons. The zero-order valence-electron chi connectivity index (χ0n) is 4.73. The minimum Gasteiger partial charge on any atom is -0.620 e.